The van der Waals surface area contributed by atoms with E-state index in [1.54, 1.807) is 0 Å². The van der Waals surface area contributed by atoms with Gasteiger partial charge >= 0.3 is 0 Å². The van der Waals surface area contributed by atoms with Crippen LogP contribution in [-0.2, 0) is 10.5 Å². The molecular formula is C17H24N2O6S2. The first-order chi connectivity index (χ1) is 12.8. The molecule has 0 aromatic heterocycles. The second kappa shape index (κ2) is 10.4. The molecule has 1 aliphatic rings. The molecule has 10 heteroatoms. The lowest BCUT2D eigenvalue weighted by atomic mass is 10.0. The normalized spacial score (nSPS) is 21.5. The molecule has 1 amide bonds. The van der Waals surface area contributed by atoms with Crippen LogP contribution in [0.4, 0.5) is 0 Å². The van der Waals surface area contributed by atoms with Crippen molar-refractivity contribution in [1.29, 1.82) is 0 Å². The molecule has 0 saturated heterocycles. The first-order valence-corrected chi connectivity index (χ1v) is 10.2. The Hall–Kier alpha value is -1.14. The van der Waals surface area contributed by atoms with Gasteiger partial charge in [-0.15, -0.1) is 0 Å². The molecule has 5 N–H and O–H groups in total. The van der Waals surface area contributed by atoms with E-state index in [-0.39, 0.29) is 12.3 Å². The second-order valence-corrected chi connectivity index (χ2v) is 8.50. The predicted octanol–water partition coefficient (Wildman–Crippen LogP) is -0.0618. The fraction of sp³-hybridized carbons (Fsp3) is 0.529. The highest BCUT2D eigenvalue weighted by molar-refractivity contribution is 8.39. The van der Waals surface area contributed by atoms with Crippen molar-refractivity contribution in [1.82, 2.24) is 5.01 Å². The number of nitrogens with zero attached hydrogens (tertiary/aromatic N) is 2. The average molecular weight is 417 g/mol. The highest BCUT2D eigenvalue weighted by atomic mass is 32.2. The molecule has 1 unspecified atom stereocenters. The van der Waals surface area contributed by atoms with Gasteiger partial charge in [-0.2, -0.15) is 5.10 Å². The fourth-order valence-corrected chi connectivity index (χ4v) is 4.82. The van der Waals surface area contributed by atoms with E-state index in [4.69, 9.17) is 5.11 Å². The molecule has 1 aliphatic heterocycles. The van der Waals surface area contributed by atoms with Crippen molar-refractivity contribution < 1.29 is 30.3 Å². The summed E-state index contributed by atoms with van der Waals surface area (Å²) >= 11 is 2.76. The number of hydrogen-bond donors (Lipinski definition) is 5. The first kappa shape index (κ1) is 22.2. The topological polar surface area (TPSA) is 134 Å². The van der Waals surface area contributed by atoms with Gasteiger partial charge in [-0.25, -0.2) is 5.01 Å². The molecule has 0 bridgehead atoms. The summed E-state index contributed by atoms with van der Waals surface area (Å²) in [6.45, 7) is 0.612. The summed E-state index contributed by atoms with van der Waals surface area (Å²) in [5, 5.41) is 53.1. The lowest BCUT2D eigenvalue weighted by Gasteiger charge is -2.28. The molecule has 1 aromatic rings. The maximum Gasteiger partial charge on any atom is 0.240 e. The van der Waals surface area contributed by atoms with Crippen molar-refractivity contribution >= 4 is 33.8 Å². The number of hydrazone groups is 1. The van der Waals surface area contributed by atoms with Crippen LogP contribution in [-0.4, -0.2) is 77.2 Å². The van der Waals surface area contributed by atoms with Gasteiger partial charge < -0.3 is 25.5 Å². The Morgan fingerprint density at radius 3 is 2.41 bits per heavy atom. The van der Waals surface area contributed by atoms with Crippen molar-refractivity contribution in [2.75, 3.05) is 6.61 Å². The average Bonchev–Trinajstić information content (AvgIpc) is 3.08. The first-order valence-electron chi connectivity index (χ1n) is 8.38. The highest BCUT2D eigenvalue weighted by Crippen LogP contribution is 2.36. The third-order valence-corrected chi connectivity index (χ3v) is 6.39. The molecule has 8 nitrogen and oxygen atoms in total. The van der Waals surface area contributed by atoms with Crippen LogP contribution in [0.15, 0.2) is 35.4 Å². The van der Waals surface area contributed by atoms with E-state index in [1.807, 2.05) is 30.3 Å². The number of carbonyl (C=O) groups excluding carboxylic acids is 1. The standard InChI is InChI=1S/C17H24N2O6S2/c1-10(21)19-14(7-12(22)15(24)16(25)13(23)8-20)27-17(18-19)26-9-11-5-3-2-4-6-11/h2-6,12-16,20,22-25H,7-9H2,1H3/t12-,13-,14?,15-,16-/m1/s1. The summed E-state index contributed by atoms with van der Waals surface area (Å²) in [4.78, 5) is 11.8. The summed E-state index contributed by atoms with van der Waals surface area (Å²) in [6, 6.07) is 9.78. The van der Waals surface area contributed by atoms with Gasteiger partial charge in [0.15, 0.2) is 4.38 Å². The Kier molecular flexibility index (Phi) is 8.55. The third kappa shape index (κ3) is 6.18. The van der Waals surface area contributed by atoms with Crippen LogP contribution >= 0.6 is 23.5 Å². The molecule has 1 aromatic carbocycles. The zero-order valence-corrected chi connectivity index (χ0v) is 16.4. The zero-order valence-electron chi connectivity index (χ0n) is 14.8. The molecule has 2 rings (SSSR count). The van der Waals surface area contributed by atoms with E-state index in [9.17, 15) is 25.2 Å². The van der Waals surface area contributed by atoms with Crippen LogP contribution in [0.2, 0.25) is 0 Å². The van der Waals surface area contributed by atoms with E-state index in [1.165, 1.54) is 35.5 Å². The Balaban J connectivity index is 1.95. The lowest BCUT2D eigenvalue weighted by molar-refractivity contribution is -0.132. The minimum atomic E-state index is -1.70. The summed E-state index contributed by atoms with van der Waals surface area (Å²) in [6.07, 6.45) is -6.39. The fourth-order valence-electron chi connectivity index (χ4n) is 2.45. The molecule has 0 saturated carbocycles. The van der Waals surface area contributed by atoms with Gasteiger partial charge in [0.05, 0.1) is 12.7 Å². The van der Waals surface area contributed by atoms with Crippen LogP contribution in [0.1, 0.15) is 18.9 Å². The zero-order chi connectivity index (χ0) is 20.0. The van der Waals surface area contributed by atoms with E-state index in [0.29, 0.717) is 10.1 Å². The van der Waals surface area contributed by atoms with Crippen LogP contribution in [0, 0.1) is 0 Å². The molecule has 150 valence electrons. The Labute approximate surface area is 165 Å². The monoisotopic (exact) mass is 416 g/mol. The molecule has 0 radical (unpaired) electrons. The smallest absolute Gasteiger partial charge is 0.240 e. The van der Waals surface area contributed by atoms with Gasteiger partial charge in [-0.05, 0) is 5.56 Å². The van der Waals surface area contributed by atoms with Gasteiger partial charge in [0.2, 0.25) is 5.91 Å². The Morgan fingerprint density at radius 1 is 1.19 bits per heavy atom. The van der Waals surface area contributed by atoms with Crippen molar-refractivity contribution in [3.05, 3.63) is 35.9 Å². The highest BCUT2D eigenvalue weighted by Gasteiger charge is 2.37. The van der Waals surface area contributed by atoms with Crippen LogP contribution in [0.25, 0.3) is 0 Å². The number of aliphatic hydroxyl groups is 5. The van der Waals surface area contributed by atoms with E-state index in [2.05, 4.69) is 5.10 Å². The van der Waals surface area contributed by atoms with Gasteiger partial charge in [-0.3, -0.25) is 4.79 Å². The number of thioether (sulfide) groups is 2. The number of benzene rings is 1. The van der Waals surface area contributed by atoms with E-state index < -0.39 is 36.4 Å². The lowest BCUT2D eigenvalue weighted by Crippen LogP contribution is -2.47. The minimum absolute atomic E-state index is 0.0560. The Morgan fingerprint density at radius 2 is 1.81 bits per heavy atom. The maximum atomic E-state index is 11.8. The van der Waals surface area contributed by atoms with Gasteiger partial charge in [0.25, 0.3) is 0 Å². The largest absolute Gasteiger partial charge is 0.394 e. The molecule has 1 heterocycles. The minimum Gasteiger partial charge on any atom is -0.394 e. The maximum absolute atomic E-state index is 11.8. The van der Waals surface area contributed by atoms with Gasteiger partial charge in [0, 0.05) is 19.1 Å². The van der Waals surface area contributed by atoms with E-state index in [0.717, 1.165) is 5.56 Å². The quantitative estimate of drug-likeness (QED) is 0.398. The number of rotatable bonds is 8. The summed E-state index contributed by atoms with van der Waals surface area (Å²) in [7, 11) is 0. The third-order valence-electron chi connectivity index (χ3n) is 4.00. The Bertz CT molecular complexity index is 648. The summed E-state index contributed by atoms with van der Waals surface area (Å²) in [5.41, 5.74) is 1.11. The predicted molar refractivity (Wildman–Crippen MR) is 105 cm³/mol. The molecule has 5 atom stereocenters. The summed E-state index contributed by atoms with van der Waals surface area (Å²) < 4.78 is 0.664. The van der Waals surface area contributed by atoms with Crippen molar-refractivity contribution in [3.63, 3.8) is 0 Å². The molecular weight excluding hydrogens is 392 g/mol. The molecule has 27 heavy (non-hydrogen) atoms. The molecule has 0 spiro atoms. The molecule has 0 fully saturated rings. The van der Waals surface area contributed by atoms with Crippen LogP contribution in [0.5, 0.6) is 0 Å². The van der Waals surface area contributed by atoms with Crippen LogP contribution in [0.3, 0.4) is 0 Å². The molecule has 0 aliphatic carbocycles. The van der Waals surface area contributed by atoms with Crippen molar-refractivity contribution in [3.8, 4) is 0 Å². The number of amides is 1. The summed E-state index contributed by atoms with van der Waals surface area (Å²) in [5.74, 6) is 0.373. The SMILES string of the molecule is CC(=O)N1N=C(SCc2ccccc2)SC1C[C@@H](O)[C@@H](O)[C@H](O)[C@H](O)CO. The van der Waals surface area contributed by atoms with Crippen molar-refractivity contribution in [2.45, 2.75) is 48.9 Å². The second-order valence-electron chi connectivity index (χ2n) is 6.11. The van der Waals surface area contributed by atoms with Gasteiger partial charge in [0.1, 0.15) is 23.7 Å². The van der Waals surface area contributed by atoms with Crippen LogP contribution < -0.4 is 0 Å². The van der Waals surface area contributed by atoms with Crippen molar-refractivity contribution in [2.24, 2.45) is 5.10 Å². The van der Waals surface area contributed by atoms with Gasteiger partial charge in [-0.1, -0.05) is 53.9 Å². The van der Waals surface area contributed by atoms with E-state index >= 15 is 0 Å². The number of hydrogen-bond acceptors (Lipinski definition) is 9. The number of aliphatic hydroxyl groups excluding tert-OH is 5. The number of carbonyl (C=O) groups is 1.